The Bertz CT molecular complexity index is 874. The first-order valence-corrected chi connectivity index (χ1v) is 11.6. The molecular weight excluding hydrogens is 344 g/mol. The third-order valence-electron chi connectivity index (χ3n) is 6.06. The van der Waals surface area contributed by atoms with Crippen molar-refractivity contribution in [2.24, 2.45) is 5.92 Å². The third-order valence-corrected chi connectivity index (χ3v) is 7.15. The van der Waals surface area contributed by atoms with Crippen molar-refractivity contribution in [1.29, 1.82) is 0 Å². The lowest BCUT2D eigenvalue weighted by Gasteiger charge is -2.29. The molecule has 0 bridgehead atoms. The first-order chi connectivity index (χ1) is 12.4. The molecular formula is C21H28N2O2S. The first-order valence-electron chi connectivity index (χ1n) is 9.75. The van der Waals surface area contributed by atoms with E-state index in [1.165, 1.54) is 24.7 Å². The molecule has 26 heavy (non-hydrogen) atoms. The van der Waals surface area contributed by atoms with Crippen molar-refractivity contribution in [3.05, 3.63) is 47.4 Å². The van der Waals surface area contributed by atoms with Gasteiger partial charge in [0.2, 0.25) is 0 Å². The van der Waals surface area contributed by atoms with Crippen LogP contribution in [-0.2, 0) is 16.4 Å². The van der Waals surface area contributed by atoms with Crippen LogP contribution in [0.4, 0.5) is 0 Å². The highest BCUT2D eigenvalue weighted by atomic mass is 32.2. The zero-order valence-electron chi connectivity index (χ0n) is 15.7. The number of sulfone groups is 1. The van der Waals surface area contributed by atoms with E-state index in [1.807, 2.05) is 6.92 Å². The van der Waals surface area contributed by atoms with E-state index in [-0.39, 0.29) is 0 Å². The fraction of sp³-hybridized carbons (Fsp3) is 0.571. The maximum Gasteiger partial charge on any atom is 0.194 e. The Kier molecular flexibility index (Phi) is 4.68. The molecule has 140 valence electrons. The largest absolute Gasteiger partial charge is 0.330 e. The molecule has 0 N–H and O–H groups in total. The summed E-state index contributed by atoms with van der Waals surface area (Å²) in [5.41, 5.74) is 2.26. The van der Waals surface area contributed by atoms with E-state index < -0.39 is 9.84 Å². The number of aromatic nitrogens is 2. The van der Waals surface area contributed by atoms with Gasteiger partial charge in [0.25, 0.3) is 0 Å². The van der Waals surface area contributed by atoms with Crippen LogP contribution in [0.2, 0.25) is 0 Å². The molecule has 1 heterocycles. The molecule has 0 amide bonds. The summed E-state index contributed by atoms with van der Waals surface area (Å²) in [6.45, 7) is 2.85. The number of hydrogen-bond acceptors (Lipinski definition) is 3. The number of rotatable bonds is 5. The van der Waals surface area contributed by atoms with Crippen LogP contribution in [0.15, 0.2) is 35.4 Å². The predicted molar refractivity (Wildman–Crippen MR) is 103 cm³/mol. The summed E-state index contributed by atoms with van der Waals surface area (Å²) in [6.07, 6.45) is 8.27. The Labute approximate surface area is 156 Å². The van der Waals surface area contributed by atoms with Gasteiger partial charge in [0.05, 0.1) is 5.69 Å². The highest BCUT2D eigenvalue weighted by Crippen LogP contribution is 2.42. The zero-order chi connectivity index (χ0) is 18.3. The SMILES string of the molecule is Cc1c(S(C)(=O)=O)nc(C2CCC(c3ccccc3)CC2)n1CC1CC1. The molecule has 1 aromatic heterocycles. The number of imidazole rings is 1. The minimum absolute atomic E-state index is 0.290. The molecule has 0 saturated heterocycles. The van der Waals surface area contributed by atoms with Gasteiger partial charge in [0, 0.05) is 18.7 Å². The molecule has 2 aromatic rings. The van der Waals surface area contributed by atoms with Gasteiger partial charge in [-0.05, 0) is 62.8 Å². The second kappa shape index (κ2) is 6.84. The van der Waals surface area contributed by atoms with Crippen molar-refractivity contribution >= 4 is 9.84 Å². The Hall–Kier alpha value is -1.62. The van der Waals surface area contributed by atoms with Gasteiger partial charge in [-0.2, -0.15) is 0 Å². The molecule has 0 aliphatic heterocycles. The average molecular weight is 373 g/mol. The molecule has 4 nitrogen and oxygen atoms in total. The number of benzene rings is 1. The van der Waals surface area contributed by atoms with Gasteiger partial charge in [-0.15, -0.1) is 0 Å². The van der Waals surface area contributed by atoms with Gasteiger partial charge in [-0.3, -0.25) is 0 Å². The van der Waals surface area contributed by atoms with Crippen molar-refractivity contribution in [2.45, 2.75) is 68.9 Å². The Morgan fingerprint density at radius 1 is 1.00 bits per heavy atom. The van der Waals surface area contributed by atoms with E-state index in [1.54, 1.807) is 0 Å². The van der Waals surface area contributed by atoms with Crippen molar-refractivity contribution in [3.8, 4) is 0 Å². The highest BCUT2D eigenvalue weighted by Gasteiger charge is 2.32. The molecule has 2 aliphatic carbocycles. The molecule has 0 spiro atoms. The Morgan fingerprint density at radius 3 is 2.19 bits per heavy atom. The van der Waals surface area contributed by atoms with E-state index in [9.17, 15) is 8.42 Å². The predicted octanol–water partition coefficient (Wildman–Crippen LogP) is 4.45. The number of hydrogen-bond donors (Lipinski definition) is 0. The van der Waals surface area contributed by atoms with Crippen LogP contribution in [0.3, 0.4) is 0 Å². The van der Waals surface area contributed by atoms with Gasteiger partial charge in [0.15, 0.2) is 14.9 Å². The summed E-state index contributed by atoms with van der Waals surface area (Å²) < 4.78 is 26.6. The van der Waals surface area contributed by atoms with Crippen molar-refractivity contribution in [1.82, 2.24) is 9.55 Å². The maximum atomic E-state index is 12.2. The van der Waals surface area contributed by atoms with Crippen LogP contribution in [0.5, 0.6) is 0 Å². The summed E-state index contributed by atoms with van der Waals surface area (Å²) in [4.78, 5) is 4.66. The van der Waals surface area contributed by atoms with E-state index in [2.05, 4.69) is 39.9 Å². The third kappa shape index (κ3) is 3.59. The molecule has 0 unspecified atom stereocenters. The Balaban J connectivity index is 1.57. The van der Waals surface area contributed by atoms with Crippen LogP contribution in [-0.4, -0.2) is 24.2 Å². The minimum atomic E-state index is -3.27. The average Bonchev–Trinajstić information content (AvgIpc) is 3.38. The van der Waals surface area contributed by atoms with Crippen LogP contribution in [0.25, 0.3) is 0 Å². The number of nitrogens with zero attached hydrogens (tertiary/aromatic N) is 2. The van der Waals surface area contributed by atoms with Crippen molar-refractivity contribution in [2.75, 3.05) is 6.26 Å². The summed E-state index contributed by atoms with van der Waals surface area (Å²) in [6, 6.07) is 10.8. The van der Waals surface area contributed by atoms with Gasteiger partial charge in [-0.1, -0.05) is 30.3 Å². The molecule has 2 fully saturated rings. The molecule has 2 saturated carbocycles. The Morgan fingerprint density at radius 2 is 1.62 bits per heavy atom. The lowest BCUT2D eigenvalue weighted by molar-refractivity contribution is 0.373. The summed E-state index contributed by atoms with van der Waals surface area (Å²) >= 11 is 0. The molecule has 5 heteroatoms. The highest BCUT2D eigenvalue weighted by molar-refractivity contribution is 7.90. The second-order valence-electron chi connectivity index (χ2n) is 8.15. The quantitative estimate of drug-likeness (QED) is 0.779. The molecule has 4 rings (SSSR count). The lowest BCUT2D eigenvalue weighted by Crippen LogP contribution is -2.17. The standard InChI is InChI=1S/C21H28N2O2S/c1-15-21(26(2,24)25)22-20(23(15)14-16-8-9-16)19-12-10-18(11-13-19)17-6-4-3-5-7-17/h3-7,16,18-19H,8-14H2,1-2H3. The van der Waals surface area contributed by atoms with E-state index >= 15 is 0 Å². The van der Waals surface area contributed by atoms with Crippen molar-refractivity contribution < 1.29 is 8.42 Å². The molecule has 0 atom stereocenters. The topological polar surface area (TPSA) is 52.0 Å². The lowest BCUT2D eigenvalue weighted by atomic mass is 9.78. The van der Waals surface area contributed by atoms with Crippen LogP contribution >= 0.6 is 0 Å². The van der Waals surface area contributed by atoms with Gasteiger partial charge in [0.1, 0.15) is 5.82 Å². The van der Waals surface area contributed by atoms with Crippen LogP contribution in [0, 0.1) is 12.8 Å². The fourth-order valence-corrected chi connectivity index (χ4v) is 5.30. The van der Waals surface area contributed by atoms with Gasteiger partial charge >= 0.3 is 0 Å². The van der Waals surface area contributed by atoms with E-state index in [0.717, 1.165) is 43.7 Å². The monoisotopic (exact) mass is 372 g/mol. The van der Waals surface area contributed by atoms with E-state index in [0.29, 0.717) is 22.8 Å². The van der Waals surface area contributed by atoms with Crippen LogP contribution < -0.4 is 0 Å². The molecule has 0 radical (unpaired) electrons. The zero-order valence-corrected chi connectivity index (χ0v) is 16.5. The normalized spacial score (nSPS) is 23.9. The summed E-state index contributed by atoms with van der Waals surface area (Å²) in [5.74, 6) is 2.72. The first kappa shape index (κ1) is 17.8. The summed E-state index contributed by atoms with van der Waals surface area (Å²) in [5, 5.41) is 0.290. The van der Waals surface area contributed by atoms with Gasteiger partial charge < -0.3 is 4.57 Å². The van der Waals surface area contributed by atoms with Gasteiger partial charge in [-0.25, -0.2) is 13.4 Å². The molecule has 1 aromatic carbocycles. The second-order valence-corrected chi connectivity index (χ2v) is 10.1. The van der Waals surface area contributed by atoms with Crippen LogP contribution in [0.1, 0.15) is 67.4 Å². The minimum Gasteiger partial charge on any atom is -0.330 e. The van der Waals surface area contributed by atoms with Crippen molar-refractivity contribution in [3.63, 3.8) is 0 Å². The van der Waals surface area contributed by atoms with E-state index in [4.69, 9.17) is 0 Å². The fourth-order valence-electron chi connectivity index (χ4n) is 4.39. The smallest absolute Gasteiger partial charge is 0.194 e. The maximum absolute atomic E-state index is 12.2. The summed E-state index contributed by atoms with van der Waals surface area (Å²) in [7, 11) is -3.27. The molecule has 2 aliphatic rings.